The molecule has 0 amide bonds. The Morgan fingerprint density at radius 3 is 2.79 bits per heavy atom. The molecule has 0 saturated carbocycles. The van der Waals surface area contributed by atoms with Crippen molar-refractivity contribution in [2.45, 2.75) is 25.4 Å². The molecule has 19 heavy (non-hydrogen) atoms. The number of pyridine rings is 1. The third kappa shape index (κ3) is 2.54. The van der Waals surface area contributed by atoms with E-state index in [-0.39, 0.29) is 0 Å². The van der Waals surface area contributed by atoms with Gasteiger partial charge in [-0.1, -0.05) is 13.3 Å². The van der Waals surface area contributed by atoms with Crippen LogP contribution in [0, 0.1) is 0 Å². The van der Waals surface area contributed by atoms with Crippen LogP contribution < -0.4 is 16.6 Å². The Hall–Kier alpha value is -2.05. The zero-order valence-electron chi connectivity index (χ0n) is 10.8. The van der Waals surface area contributed by atoms with Gasteiger partial charge in [0.15, 0.2) is 11.9 Å². The Morgan fingerprint density at radius 1 is 1.47 bits per heavy atom. The molecule has 0 bridgehead atoms. The van der Waals surface area contributed by atoms with Gasteiger partial charge < -0.3 is 5.32 Å². The van der Waals surface area contributed by atoms with Gasteiger partial charge in [0.05, 0.1) is 11.4 Å². The Kier molecular flexibility index (Phi) is 4.03. The van der Waals surface area contributed by atoms with Crippen LogP contribution in [-0.4, -0.2) is 22.6 Å². The normalized spacial score (nSPS) is 22.2. The summed E-state index contributed by atoms with van der Waals surface area (Å²) < 4.78 is 0. The largest absolute Gasteiger partial charge is 0.360 e. The zero-order chi connectivity index (χ0) is 13.7. The number of carbonyl (C=O) groups is 1. The molecule has 6 nitrogen and oxygen atoms in total. The van der Waals surface area contributed by atoms with Crippen LogP contribution in [0.3, 0.4) is 0 Å². The predicted molar refractivity (Wildman–Crippen MR) is 73.8 cm³/mol. The van der Waals surface area contributed by atoms with Gasteiger partial charge in [-0.05, 0) is 18.6 Å². The van der Waals surface area contributed by atoms with Gasteiger partial charge in [-0.15, -0.1) is 0 Å². The summed E-state index contributed by atoms with van der Waals surface area (Å²) in [6.07, 6.45) is 7.38. The van der Waals surface area contributed by atoms with Gasteiger partial charge in [-0.3, -0.25) is 20.6 Å². The van der Waals surface area contributed by atoms with Gasteiger partial charge in [-0.2, -0.15) is 0 Å². The molecule has 0 radical (unpaired) electrons. The number of aromatic nitrogens is 1. The Balaban J connectivity index is 2.37. The molecular formula is C13H17N5O. The maximum Gasteiger partial charge on any atom is 0.197 e. The maximum atomic E-state index is 11.3. The molecule has 2 rings (SSSR count). The number of hydrogen-bond acceptors (Lipinski definition) is 6. The van der Waals surface area contributed by atoms with E-state index in [0.717, 1.165) is 24.0 Å². The highest BCUT2D eigenvalue weighted by Crippen LogP contribution is 2.21. The van der Waals surface area contributed by atoms with Crippen LogP contribution in [0.15, 0.2) is 35.7 Å². The van der Waals surface area contributed by atoms with Gasteiger partial charge in [0.1, 0.15) is 0 Å². The maximum absolute atomic E-state index is 11.3. The van der Waals surface area contributed by atoms with Crippen LogP contribution in [0.25, 0.3) is 5.70 Å². The molecule has 1 aromatic heterocycles. The van der Waals surface area contributed by atoms with E-state index in [9.17, 15) is 4.79 Å². The molecule has 0 aliphatic carbocycles. The lowest BCUT2D eigenvalue weighted by molar-refractivity contribution is -0.111. The second-order valence-electron chi connectivity index (χ2n) is 4.29. The summed E-state index contributed by atoms with van der Waals surface area (Å²) in [6.45, 7) is 2.03. The van der Waals surface area contributed by atoms with Gasteiger partial charge in [0.2, 0.25) is 0 Å². The standard InChI is InChI=1S/C13H17N5O/c1-2-3-12-13(9-19,18-14)16-8-11(17-12)10-4-6-15-7-5-10/h4-9,16,18H,2-3,14H2,1H3. The molecule has 0 fully saturated rings. The minimum absolute atomic E-state index is 0.679. The summed E-state index contributed by atoms with van der Waals surface area (Å²) in [5.74, 6) is 5.49. The minimum atomic E-state index is -1.10. The monoisotopic (exact) mass is 259 g/mol. The van der Waals surface area contributed by atoms with Crippen LogP contribution in [0.1, 0.15) is 25.3 Å². The third-order valence-electron chi connectivity index (χ3n) is 3.01. The highest BCUT2D eigenvalue weighted by atomic mass is 16.1. The van der Waals surface area contributed by atoms with Crippen molar-refractivity contribution < 1.29 is 4.79 Å². The molecule has 1 aromatic rings. The van der Waals surface area contributed by atoms with Crippen LogP contribution in [0.4, 0.5) is 0 Å². The number of nitrogens with one attached hydrogen (secondary N) is 2. The van der Waals surface area contributed by atoms with E-state index in [1.165, 1.54) is 0 Å². The van der Waals surface area contributed by atoms with Gasteiger partial charge in [0, 0.05) is 24.2 Å². The fraction of sp³-hybridized carbons (Fsp3) is 0.308. The van der Waals surface area contributed by atoms with Gasteiger partial charge in [0.25, 0.3) is 0 Å². The van der Waals surface area contributed by atoms with E-state index < -0.39 is 5.66 Å². The molecule has 0 spiro atoms. The number of hydrazine groups is 1. The van der Waals surface area contributed by atoms with Crippen molar-refractivity contribution in [1.29, 1.82) is 0 Å². The summed E-state index contributed by atoms with van der Waals surface area (Å²) in [5, 5.41) is 3.00. The Morgan fingerprint density at radius 2 is 2.21 bits per heavy atom. The van der Waals surface area contributed by atoms with Crippen molar-refractivity contribution in [2.24, 2.45) is 10.8 Å². The van der Waals surface area contributed by atoms with Crippen LogP contribution >= 0.6 is 0 Å². The number of hydrogen-bond donors (Lipinski definition) is 3. The quantitative estimate of drug-likeness (QED) is 0.409. The molecule has 2 heterocycles. The smallest absolute Gasteiger partial charge is 0.197 e. The van der Waals surface area contributed by atoms with Crippen LogP contribution in [0.5, 0.6) is 0 Å². The van der Waals surface area contributed by atoms with Crippen LogP contribution in [-0.2, 0) is 4.79 Å². The number of rotatable bonds is 5. The van der Waals surface area contributed by atoms with Crippen molar-refractivity contribution in [1.82, 2.24) is 15.7 Å². The summed E-state index contributed by atoms with van der Waals surface area (Å²) >= 11 is 0. The van der Waals surface area contributed by atoms with E-state index in [1.54, 1.807) is 18.6 Å². The van der Waals surface area contributed by atoms with Gasteiger partial charge in [-0.25, -0.2) is 5.43 Å². The average molecular weight is 259 g/mol. The minimum Gasteiger partial charge on any atom is -0.360 e. The first-order valence-electron chi connectivity index (χ1n) is 6.16. The van der Waals surface area contributed by atoms with E-state index >= 15 is 0 Å². The van der Waals surface area contributed by atoms with Crippen molar-refractivity contribution in [3.05, 3.63) is 36.3 Å². The third-order valence-corrected chi connectivity index (χ3v) is 3.01. The van der Waals surface area contributed by atoms with Crippen LogP contribution in [0.2, 0.25) is 0 Å². The first kappa shape index (κ1) is 13.4. The highest BCUT2D eigenvalue weighted by Gasteiger charge is 2.35. The molecule has 0 aromatic carbocycles. The Labute approximate surface area is 111 Å². The lowest BCUT2D eigenvalue weighted by atomic mass is 9.99. The first-order valence-corrected chi connectivity index (χ1v) is 6.16. The molecule has 1 aliphatic rings. The summed E-state index contributed by atoms with van der Waals surface area (Å²) in [6, 6.07) is 3.73. The summed E-state index contributed by atoms with van der Waals surface area (Å²) in [5.41, 5.74) is 3.78. The molecule has 1 unspecified atom stereocenters. The second kappa shape index (κ2) is 5.73. The number of aliphatic imine (C=N–C) groups is 1. The van der Waals surface area contributed by atoms with Crippen molar-refractivity contribution in [3.8, 4) is 0 Å². The number of nitrogens with zero attached hydrogens (tertiary/aromatic N) is 2. The molecule has 6 heteroatoms. The molecule has 1 atom stereocenters. The Bertz CT molecular complexity index is 511. The summed E-state index contributed by atoms with van der Waals surface area (Å²) in [7, 11) is 0. The molecule has 0 saturated heterocycles. The molecule has 4 N–H and O–H groups in total. The first-order chi connectivity index (χ1) is 9.25. The van der Waals surface area contributed by atoms with E-state index in [2.05, 4.69) is 20.7 Å². The van der Waals surface area contributed by atoms with E-state index in [4.69, 9.17) is 5.84 Å². The van der Waals surface area contributed by atoms with Crippen molar-refractivity contribution >= 4 is 17.7 Å². The fourth-order valence-electron chi connectivity index (χ4n) is 1.95. The van der Waals surface area contributed by atoms with E-state index in [0.29, 0.717) is 12.1 Å². The van der Waals surface area contributed by atoms with E-state index in [1.807, 2.05) is 19.1 Å². The molecular weight excluding hydrogens is 242 g/mol. The fourth-order valence-corrected chi connectivity index (χ4v) is 1.95. The topological polar surface area (TPSA) is 92.4 Å². The lowest BCUT2D eigenvalue weighted by Gasteiger charge is -2.32. The summed E-state index contributed by atoms with van der Waals surface area (Å²) in [4.78, 5) is 19.8. The SMILES string of the molecule is CCCC1=NC(c2ccncc2)=CNC1(C=O)NN. The molecule has 1 aliphatic heterocycles. The predicted octanol–water partition coefficient (Wildman–Crippen LogP) is 0.583. The number of nitrogens with two attached hydrogens (primary N) is 1. The second-order valence-corrected chi connectivity index (χ2v) is 4.29. The average Bonchev–Trinajstić information content (AvgIpc) is 2.49. The zero-order valence-corrected chi connectivity index (χ0v) is 10.8. The van der Waals surface area contributed by atoms with Crippen molar-refractivity contribution in [3.63, 3.8) is 0 Å². The van der Waals surface area contributed by atoms with Gasteiger partial charge >= 0.3 is 0 Å². The van der Waals surface area contributed by atoms with Crippen molar-refractivity contribution in [2.75, 3.05) is 0 Å². The lowest BCUT2D eigenvalue weighted by Crippen LogP contribution is -2.65. The number of aldehydes is 1. The highest BCUT2D eigenvalue weighted by molar-refractivity contribution is 6.09. The molecule has 100 valence electrons. The number of carbonyl (C=O) groups excluding carboxylic acids is 1.